The molecule has 1 N–H and O–H groups in total. The summed E-state index contributed by atoms with van der Waals surface area (Å²) >= 11 is 0. The largest absolute Gasteiger partial charge is 0.491 e. The van der Waals surface area contributed by atoms with Gasteiger partial charge in [0.2, 0.25) is 0 Å². The van der Waals surface area contributed by atoms with Crippen molar-refractivity contribution in [1.82, 2.24) is 5.32 Å². The molecule has 1 fully saturated rings. The molecule has 0 bridgehead atoms. The fraction of sp³-hybridized carbons (Fsp3) is 0.500. The summed E-state index contributed by atoms with van der Waals surface area (Å²) in [5.74, 6) is 0.947. The summed E-state index contributed by atoms with van der Waals surface area (Å²) in [7, 11) is 0. The molecule has 18 heavy (non-hydrogen) atoms. The molecule has 98 valence electrons. The van der Waals surface area contributed by atoms with Crippen LogP contribution in [0.1, 0.15) is 38.7 Å². The molecule has 1 aliphatic rings. The average Bonchev–Trinajstić information content (AvgIpc) is 3.12. The van der Waals surface area contributed by atoms with Gasteiger partial charge in [-0.25, -0.2) is 0 Å². The molecule has 0 amide bonds. The zero-order valence-electron chi connectivity index (χ0n) is 11.4. The van der Waals surface area contributed by atoms with Crippen LogP contribution >= 0.6 is 0 Å². The van der Waals surface area contributed by atoms with Gasteiger partial charge in [0.25, 0.3) is 0 Å². The lowest BCUT2D eigenvalue weighted by Gasteiger charge is -2.09. The van der Waals surface area contributed by atoms with E-state index in [1.807, 2.05) is 26.0 Å². The van der Waals surface area contributed by atoms with Gasteiger partial charge in [0, 0.05) is 6.04 Å². The second-order valence-electron chi connectivity index (χ2n) is 5.16. The second kappa shape index (κ2) is 6.60. The Bertz CT molecular complexity index is 394. The monoisotopic (exact) mass is 245 g/mol. The molecule has 0 atom stereocenters. The summed E-state index contributed by atoms with van der Waals surface area (Å²) in [5, 5.41) is 3.50. The first-order chi connectivity index (χ1) is 8.74. The van der Waals surface area contributed by atoms with Gasteiger partial charge in [-0.3, -0.25) is 0 Å². The molecule has 0 heterocycles. The normalized spacial score (nSPS) is 15.5. The summed E-state index contributed by atoms with van der Waals surface area (Å²) < 4.78 is 5.68. The van der Waals surface area contributed by atoms with E-state index in [-0.39, 0.29) is 6.10 Å². The number of hydrogen-bond acceptors (Lipinski definition) is 2. The van der Waals surface area contributed by atoms with Crippen LogP contribution in [0, 0.1) is 0 Å². The van der Waals surface area contributed by atoms with E-state index >= 15 is 0 Å². The van der Waals surface area contributed by atoms with Crippen molar-refractivity contribution in [3.05, 3.63) is 35.9 Å². The van der Waals surface area contributed by atoms with Crippen molar-refractivity contribution in [2.24, 2.45) is 0 Å². The Labute approximate surface area is 110 Å². The highest BCUT2D eigenvalue weighted by Gasteiger charge is 2.19. The van der Waals surface area contributed by atoms with E-state index in [0.29, 0.717) is 0 Å². The highest BCUT2D eigenvalue weighted by Crippen LogP contribution is 2.18. The molecule has 0 aromatic heterocycles. The summed E-state index contributed by atoms with van der Waals surface area (Å²) in [5.41, 5.74) is 1.21. The van der Waals surface area contributed by atoms with E-state index in [1.165, 1.54) is 18.4 Å². The second-order valence-corrected chi connectivity index (χ2v) is 5.16. The third-order valence-corrected chi connectivity index (χ3v) is 2.86. The standard InChI is InChI=1S/C16H23NO/c1-13(2)18-16-8-5-7-14(12-16)6-3-4-11-17-15-9-10-15/h3,5-8,12-13,15,17H,4,9-11H2,1-2H3. The van der Waals surface area contributed by atoms with Gasteiger partial charge in [-0.1, -0.05) is 24.3 Å². The van der Waals surface area contributed by atoms with Crippen molar-refractivity contribution in [2.75, 3.05) is 6.54 Å². The van der Waals surface area contributed by atoms with Crippen LogP contribution in [-0.4, -0.2) is 18.7 Å². The Morgan fingerprint density at radius 3 is 2.94 bits per heavy atom. The van der Waals surface area contributed by atoms with Gasteiger partial charge in [-0.05, 0) is 57.4 Å². The maximum atomic E-state index is 5.68. The highest BCUT2D eigenvalue weighted by molar-refractivity contribution is 5.51. The molecule has 0 radical (unpaired) electrons. The van der Waals surface area contributed by atoms with Crippen LogP contribution in [0.3, 0.4) is 0 Å². The quantitative estimate of drug-likeness (QED) is 0.741. The van der Waals surface area contributed by atoms with Gasteiger partial charge >= 0.3 is 0 Å². The molecule has 1 saturated carbocycles. The Kier molecular flexibility index (Phi) is 4.82. The molecule has 1 aliphatic carbocycles. The number of hydrogen-bond donors (Lipinski definition) is 1. The van der Waals surface area contributed by atoms with E-state index in [1.54, 1.807) is 0 Å². The SMILES string of the molecule is CC(C)Oc1cccc(C=CCCNC2CC2)c1. The van der Waals surface area contributed by atoms with E-state index in [0.717, 1.165) is 24.8 Å². The first kappa shape index (κ1) is 13.2. The third kappa shape index (κ3) is 4.92. The van der Waals surface area contributed by atoms with Crippen LogP contribution in [0.4, 0.5) is 0 Å². The summed E-state index contributed by atoms with van der Waals surface area (Å²) in [6, 6.07) is 9.05. The zero-order valence-corrected chi connectivity index (χ0v) is 11.4. The number of nitrogens with one attached hydrogen (secondary N) is 1. The van der Waals surface area contributed by atoms with Gasteiger partial charge in [-0.15, -0.1) is 0 Å². The van der Waals surface area contributed by atoms with Gasteiger partial charge in [0.05, 0.1) is 6.10 Å². The van der Waals surface area contributed by atoms with Gasteiger partial charge in [0.1, 0.15) is 5.75 Å². The minimum Gasteiger partial charge on any atom is -0.491 e. The molecule has 1 aromatic rings. The lowest BCUT2D eigenvalue weighted by atomic mass is 10.2. The van der Waals surface area contributed by atoms with Crippen molar-refractivity contribution in [3.8, 4) is 5.75 Å². The fourth-order valence-corrected chi connectivity index (χ4v) is 1.84. The molecule has 0 aliphatic heterocycles. The molecule has 2 rings (SSSR count). The maximum Gasteiger partial charge on any atom is 0.120 e. The van der Waals surface area contributed by atoms with Gasteiger partial charge in [-0.2, -0.15) is 0 Å². The van der Waals surface area contributed by atoms with E-state index in [9.17, 15) is 0 Å². The van der Waals surface area contributed by atoms with Crippen molar-refractivity contribution < 1.29 is 4.74 Å². The Balaban J connectivity index is 1.77. The molecular weight excluding hydrogens is 222 g/mol. The number of ether oxygens (including phenoxy) is 1. The summed E-state index contributed by atoms with van der Waals surface area (Å²) in [6.07, 6.45) is 8.43. The Morgan fingerprint density at radius 2 is 2.22 bits per heavy atom. The molecule has 2 heteroatoms. The minimum atomic E-state index is 0.229. The van der Waals surface area contributed by atoms with E-state index in [4.69, 9.17) is 4.74 Å². The Morgan fingerprint density at radius 1 is 1.39 bits per heavy atom. The van der Waals surface area contributed by atoms with Crippen LogP contribution < -0.4 is 10.1 Å². The summed E-state index contributed by atoms with van der Waals surface area (Å²) in [4.78, 5) is 0. The predicted octanol–water partition coefficient (Wildman–Crippen LogP) is 3.63. The van der Waals surface area contributed by atoms with Crippen LogP contribution in [-0.2, 0) is 0 Å². The van der Waals surface area contributed by atoms with E-state index < -0.39 is 0 Å². The van der Waals surface area contributed by atoms with Crippen molar-refractivity contribution >= 4 is 6.08 Å². The molecule has 0 unspecified atom stereocenters. The topological polar surface area (TPSA) is 21.3 Å². The van der Waals surface area contributed by atoms with Crippen LogP contribution in [0.5, 0.6) is 5.75 Å². The van der Waals surface area contributed by atoms with Crippen LogP contribution in [0.25, 0.3) is 6.08 Å². The lowest BCUT2D eigenvalue weighted by molar-refractivity contribution is 0.242. The molecular formula is C16H23NO. The first-order valence-electron chi connectivity index (χ1n) is 6.90. The van der Waals surface area contributed by atoms with Gasteiger partial charge in [0.15, 0.2) is 0 Å². The van der Waals surface area contributed by atoms with Crippen molar-refractivity contribution in [1.29, 1.82) is 0 Å². The zero-order chi connectivity index (χ0) is 12.8. The highest BCUT2D eigenvalue weighted by atomic mass is 16.5. The average molecular weight is 245 g/mol. The van der Waals surface area contributed by atoms with Crippen molar-refractivity contribution in [3.63, 3.8) is 0 Å². The molecule has 0 saturated heterocycles. The first-order valence-corrected chi connectivity index (χ1v) is 6.90. The predicted molar refractivity (Wildman–Crippen MR) is 76.9 cm³/mol. The molecule has 1 aromatic carbocycles. The minimum absolute atomic E-state index is 0.229. The maximum absolute atomic E-state index is 5.68. The van der Waals surface area contributed by atoms with E-state index in [2.05, 4.69) is 29.6 Å². The van der Waals surface area contributed by atoms with Gasteiger partial charge < -0.3 is 10.1 Å². The Hall–Kier alpha value is -1.28. The van der Waals surface area contributed by atoms with Crippen molar-refractivity contribution in [2.45, 2.75) is 45.3 Å². The number of rotatable bonds is 7. The fourth-order valence-electron chi connectivity index (χ4n) is 1.84. The molecule has 0 spiro atoms. The van der Waals surface area contributed by atoms with Crippen LogP contribution in [0.15, 0.2) is 30.3 Å². The van der Waals surface area contributed by atoms with Crippen LogP contribution in [0.2, 0.25) is 0 Å². The lowest BCUT2D eigenvalue weighted by Crippen LogP contribution is -2.16. The molecule has 2 nitrogen and oxygen atoms in total. The summed E-state index contributed by atoms with van der Waals surface area (Å²) in [6.45, 7) is 5.18. The number of benzene rings is 1. The smallest absolute Gasteiger partial charge is 0.120 e. The third-order valence-electron chi connectivity index (χ3n) is 2.86.